The van der Waals surface area contributed by atoms with Gasteiger partial charge in [0.15, 0.2) is 0 Å². The number of nitriles is 1. The molecule has 2 aromatic carbocycles. The van der Waals surface area contributed by atoms with Crippen LogP contribution in [0.5, 0.6) is 5.75 Å². The summed E-state index contributed by atoms with van der Waals surface area (Å²) in [6.45, 7) is 1.34. The second-order valence-electron chi connectivity index (χ2n) is 7.53. The number of carbonyl (C=O) groups is 1. The highest BCUT2D eigenvalue weighted by Crippen LogP contribution is 2.32. The molecule has 1 fully saturated rings. The summed E-state index contributed by atoms with van der Waals surface area (Å²) in [5, 5.41) is 9.82. The highest BCUT2D eigenvalue weighted by Gasteiger charge is 2.34. The van der Waals surface area contributed by atoms with Crippen LogP contribution < -0.4 is 4.74 Å². The maximum atomic E-state index is 13.5. The van der Waals surface area contributed by atoms with Gasteiger partial charge in [-0.05, 0) is 43.0 Å². The quantitative estimate of drug-likeness (QED) is 0.524. The number of para-hydroxylation sites is 1. The summed E-state index contributed by atoms with van der Waals surface area (Å²) in [6, 6.07) is 18.4. The van der Waals surface area contributed by atoms with Crippen molar-refractivity contribution < 1.29 is 9.53 Å². The molecule has 3 aromatic rings. The minimum Gasteiger partial charge on any atom is -0.497 e. The van der Waals surface area contributed by atoms with Gasteiger partial charge in [0.2, 0.25) is 0 Å². The third kappa shape index (κ3) is 4.12. The molecular weight excluding hydrogens is 362 g/mol. The number of methoxy groups -OCH3 is 1. The summed E-state index contributed by atoms with van der Waals surface area (Å²) in [5.41, 5.74) is 2.90. The molecule has 1 heterocycles. The van der Waals surface area contributed by atoms with Crippen molar-refractivity contribution in [3.63, 3.8) is 0 Å². The number of hydrogen-bond acceptors (Lipinski definition) is 3. The second-order valence-corrected chi connectivity index (χ2v) is 7.53. The summed E-state index contributed by atoms with van der Waals surface area (Å²) in [6.07, 6.45) is 5.38. The number of fused-ring (bicyclic) bond motifs is 1. The number of amides is 1. The van der Waals surface area contributed by atoms with Gasteiger partial charge >= 0.3 is 0 Å². The molecule has 5 nitrogen and oxygen atoms in total. The van der Waals surface area contributed by atoms with Gasteiger partial charge < -0.3 is 14.2 Å². The first kappa shape index (κ1) is 19.1. The molecule has 1 saturated carbocycles. The van der Waals surface area contributed by atoms with Crippen LogP contribution in [0.15, 0.2) is 54.7 Å². The van der Waals surface area contributed by atoms with E-state index in [1.54, 1.807) is 7.11 Å². The van der Waals surface area contributed by atoms with E-state index >= 15 is 0 Å². The van der Waals surface area contributed by atoms with Gasteiger partial charge in [0.1, 0.15) is 5.75 Å². The first-order valence-electron chi connectivity index (χ1n) is 10.1. The van der Waals surface area contributed by atoms with Crippen LogP contribution in [0.25, 0.3) is 10.9 Å². The van der Waals surface area contributed by atoms with E-state index in [0.29, 0.717) is 19.0 Å². The molecule has 0 saturated heterocycles. The van der Waals surface area contributed by atoms with Crippen molar-refractivity contribution in [2.24, 2.45) is 0 Å². The van der Waals surface area contributed by atoms with E-state index in [4.69, 9.17) is 10.00 Å². The molecule has 148 valence electrons. The zero-order valence-corrected chi connectivity index (χ0v) is 16.7. The Hall–Kier alpha value is -3.26. The van der Waals surface area contributed by atoms with Crippen LogP contribution in [0.3, 0.4) is 0 Å². The molecule has 0 unspecified atom stereocenters. The number of ether oxygens (including phenoxy) is 1. The molecule has 0 atom stereocenters. The SMILES string of the molecule is COc1ccc(CN(C(=O)c2cn(CCCC#N)c3ccccc23)C2CC2)cc1. The molecule has 1 aliphatic carbocycles. The van der Waals surface area contributed by atoms with Crippen molar-refractivity contribution >= 4 is 16.8 Å². The monoisotopic (exact) mass is 387 g/mol. The van der Waals surface area contributed by atoms with Gasteiger partial charge in [-0.15, -0.1) is 0 Å². The van der Waals surface area contributed by atoms with Crippen molar-refractivity contribution in [1.82, 2.24) is 9.47 Å². The maximum Gasteiger partial charge on any atom is 0.256 e. The number of aromatic nitrogens is 1. The highest BCUT2D eigenvalue weighted by molar-refractivity contribution is 6.07. The standard InChI is InChI=1S/C24H25N3O2/c1-29-20-12-8-18(9-13-20)16-27(19-10-11-19)24(28)22-17-26(15-5-4-14-25)23-7-3-2-6-21(22)23/h2-3,6-9,12-13,17,19H,4-5,10-11,15-16H2,1H3. The van der Waals surface area contributed by atoms with Crippen LogP contribution in [-0.2, 0) is 13.1 Å². The number of benzene rings is 2. The van der Waals surface area contributed by atoms with E-state index in [0.717, 1.165) is 53.6 Å². The summed E-state index contributed by atoms with van der Waals surface area (Å²) >= 11 is 0. The molecule has 1 aromatic heterocycles. The fourth-order valence-electron chi connectivity index (χ4n) is 3.77. The lowest BCUT2D eigenvalue weighted by Crippen LogP contribution is -2.32. The maximum absolute atomic E-state index is 13.5. The normalized spacial score (nSPS) is 13.2. The van der Waals surface area contributed by atoms with Crippen LogP contribution >= 0.6 is 0 Å². The van der Waals surface area contributed by atoms with Gasteiger partial charge in [0.25, 0.3) is 5.91 Å². The van der Waals surface area contributed by atoms with Crippen LogP contribution in [0.1, 0.15) is 41.6 Å². The van der Waals surface area contributed by atoms with Gasteiger partial charge in [0, 0.05) is 42.7 Å². The van der Waals surface area contributed by atoms with Crippen LogP contribution in [-0.4, -0.2) is 28.5 Å². The Morgan fingerprint density at radius 2 is 1.97 bits per heavy atom. The number of carbonyl (C=O) groups excluding carboxylic acids is 1. The van der Waals surface area contributed by atoms with Gasteiger partial charge in [-0.3, -0.25) is 4.79 Å². The Balaban J connectivity index is 1.62. The molecule has 4 rings (SSSR count). The van der Waals surface area contributed by atoms with Crippen LogP contribution in [0, 0.1) is 11.3 Å². The van der Waals surface area contributed by atoms with E-state index in [9.17, 15) is 4.79 Å². The van der Waals surface area contributed by atoms with Crippen molar-refractivity contribution in [2.75, 3.05) is 7.11 Å². The van der Waals surface area contributed by atoms with E-state index in [1.807, 2.05) is 59.6 Å². The predicted molar refractivity (Wildman–Crippen MR) is 113 cm³/mol. The van der Waals surface area contributed by atoms with Crippen LogP contribution in [0.2, 0.25) is 0 Å². The van der Waals surface area contributed by atoms with Gasteiger partial charge in [-0.25, -0.2) is 0 Å². The molecule has 1 amide bonds. The molecule has 0 N–H and O–H groups in total. The molecule has 5 heteroatoms. The fraction of sp³-hybridized carbons (Fsp3) is 0.333. The third-order valence-corrected chi connectivity index (χ3v) is 5.47. The van der Waals surface area contributed by atoms with Crippen molar-refractivity contribution in [1.29, 1.82) is 5.26 Å². The van der Waals surface area contributed by atoms with Crippen molar-refractivity contribution in [3.8, 4) is 11.8 Å². The smallest absolute Gasteiger partial charge is 0.256 e. The zero-order valence-electron chi connectivity index (χ0n) is 16.7. The Morgan fingerprint density at radius 1 is 1.21 bits per heavy atom. The summed E-state index contributed by atoms with van der Waals surface area (Å²) < 4.78 is 7.35. The summed E-state index contributed by atoms with van der Waals surface area (Å²) in [5.74, 6) is 0.900. The summed E-state index contributed by atoms with van der Waals surface area (Å²) in [4.78, 5) is 15.5. The first-order valence-corrected chi connectivity index (χ1v) is 10.1. The lowest BCUT2D eigenvalue weighted by molar-refractivity contribution is 0.0731. The largest absolute Gasteiger partial charge is 0.497 e. The lowest BCUT2D eigenvalue weighted by Gasteiger charge is -2.22. The lowest BCUT2D eigenvalue weighted by atomic mass is 10.1. The van der Waals surface area contributed by atoms with E-state index in [-0.39, 0.29) is 5.91 Å². The highest BCUT2D eigenvalue weighted by atomic mass is 16.5. The van der Waals surface area contributed by atoms with Gasteiger partial charge in [-0.2, -0.15) is 5.26 Å². The van der Waals surface area contributed by atoms with E-state index in [1.165, 1.54) is 0 Å². The average Bonchev–Trinajstić information content (AvgIpc) is 3.54. The molecule has 0 aliphatic heterocycles. The van der Waals surface area contributed by atoms with E-state index in [2.05, 4.69) is 10.6 Å². The molecule has 29 heavy (non-hydrogen) atoms. The van der Waals surface area contributed by atoms with Gasteiger partial charge in [0.05, 0.1) is 18.7 Å². The minimum absolute atomic E-state index is 0.0820. The molecule has 0 spiro atoms. The number of nitrogens with zero attached hydrogens (tertiary/aromatic N) is 3. The Bertz CT molecular complexity index is 1040. The first-order chi connectivity index (χ1) is 14.2. The molecule has 1 aliphatic rings. The molecule has 0 bridgehead atoms. The molecular formula is C24H25N3O2. The number of hydrogen-bond donors (Lipinski definition) is 0. The predicted octanol–water partition coefficient (Wildman–Crippen LogP) is 4.76. The second kappa shape index (κ2) is 8.40. The van der Waals surface area contributed by atoms with Gasteiger partial charge in [-0.1, -0.05) is 30.3 Å². The van der Waals surface area contributed by atoms with Crippen molar-refractivity contribution in [3.05, 3.63) is 65.9 Å². The average molecular weight is 387 g/mol. The number of rotatable bonds is 8. The minimum atomic E-state index is 0.0820. The zero-order chi connectivity index (χ0) is 20.2. The Morgan fingerprint density at radius 3 is 2.66 bits per heavy atom. The topological polar surface area (TPSA) is 58.3 Å². The third-order valence-electron chi connectivity index (χ3n) is 5.47. The molecule has 0 radical (unpaired) electrons. The summed E-state index contributed by atoms with van der Waals surface area (Å²) in [7, 11) is 1.65. The van der Waals surface area contributed by atoms with E-state index < -0.39 is 0 Å². The fourth-order valence-corrected chi connectivity index (χ4v) is 3.77. The number of aryl methyl sites for hydroxylation is 1. The Labute approximate surface area is 171 Å². The van der Waals surface area contributed by atoms with Crippen molar-refractivity contribution in [2.45, 2.75) is 44.8 Å². The Kier molecular flexibility index (Phi) is 5.53. The van der Waals surface area contributed by atoms with Crippen LogP contribution in [0.4, 0.5) is 0 Å². The number of unbranched alkanes of at least 4 members (excludes halogenated alkanes) is 1.